The Morgan fingerprint density at radius 3 is 2.79 bits per heavy atom. The Morgan fingerprint density at radius 1 is 1.18 bits per heavy atom. The molecule has 1 aliphatic heterocycles. The molecule has 0 saturated carbocycles. The number of hydrogen-bond donors (Lipinski definition) is 2. The standard InChI is InChI=1S/C22H20N2O4/c1-28-15-6-4-5-14(13-15)22-21-17(16-7-2-3-8-18(16)23-21)11-12-24(22)19(25)9-10-20(26)27/h2-10,13,22-23H,11-12H2,1H3,(H,26,27). The normalized spacial score (nSPS) is 16.3. The summed E-state index contributed by atoms with van der Waals surface area (Å²) in [6.07, 6.45) is 2.70. The number of ether oxygens (including phenoxy) is 1. The van der Waals surface area contributed by atoms with Gasteiger partial charge < -0.3 is 19.7 Å². The molecule has 2 aromatic carbocycles. The zero-order valence-corrected chi connectivity index (χ0v) is 15.4. The number of hydrogen-bond acceptors (Lipinski definition) is 3. The highest BCUT2D eigenvalue weighted by atomic mass is 16.5. The van der Waals surface area contributed by atoms with E-state index in [4.69, 9.17) is 9.84 Å². The van der Waals surface area contributed by atoms with Gasteiger partial charge in [0.05, 0.1) is 13.2 Å². The van der Waals surface area contributed by atoms with Gasteiger partial charge in [-0.2, -0.15) is 0 Å². The van der Waals surface area contributed by atoms with Gasteiger partial charge >= 0.3 is 5.97 Å². The number of para-hydroxylation sites is 1. The number of methoxy groups -OCH3 is 1. The summed E-state index contributed by atoms with van der Waals surface area (Å²) in [7, 11) is 1.60. The van der Waals surface area contributed by atoms with Crippen LogP contribution in [-0.4, -0.2) is 40.5 Å². The Bertz CT molecular complexity index is 1080. The molecule has 0 radical (unpaired) electrons. The minimum absolute atomic E-state index is 0.334. The van der Waals surface area contributed by atoms with Crippen molar-refractivity contribution in [1.29, 1.82) is 0 Å². The van der Waals surface area contributed by atoms with Crippen LogP contribution in [0.3, 0.4) is 0 Å². The number of carboxylic acid groups (broad SMARTS) is 1. The first kappa shape index (κ1) is 17.9. The second-order valence-electron chi connectivity index (χ2n) is 6.70. The van der Waals surface area contributed by atoms with Crippen LogP contribution in [0.25, 0.3) is 10.9 Å². The van der Waals surface area contributed by atoms with Gasteiger partial charge in [-0.05, 0) is 35.7 Å². The molecule has 0 fully saturated rings. The van der Waals surface area contributed by atoms with Crippen molar-refractivity contribution in [1.82, 2.24) is 9.88 Å². The Morgan fingerprint density at radius 2 is 2.00 bits per heavy atom. The van der Waals surface area contributed by atoms with Gasteiger partial charge in [0.1, 0.15) is 5.75 Å². The van der Waals surface area contributed by atoms with Crippen LogP contribution in [0.1, 0.15) is 22.9 Å². The summed E-state index contributed by atoms with van der Waals surface area (Å²) in [6.45, 7) is 0.500. The maximum Gasteiger partial charge on any atom is 0.328 e. The zero-order chi connectivity index (χ0) is 19.7. The van der Waals surface area contributed by atoms with E-state index in [1.54, 1.807) is 12.0 Å². The van der Waals surface area contributed by atoms with Crippen molar-refractivity contribution >= 4 is 22.8 Å². The summed E-state index contributed by atoms with van der Waals surface area (Å²) in [5.41, 5.74) is 4.08. The summed E-state index contributed by atoms with van der Waals surface area (Å²) < 4.78 is 5.36. The number of rotatable bonds is 4. The molecule has 0 aliphatic carbocycles. The number of aliphatic carboxylic acids is 1. The van der Waals surface area contributed by atoms with Gasteiger partial charge in [0, 0.05) is 35.3 Å². The summed E-state index contributed by atoms with van der Waals surface area (Å²) in [5, 5.41) is 10.0. The lowest BCUT2D eigenvalue weighted by Crippen LogP contribution is -2.39. The number of aromatic nitrogens is 1. The van der Waals surface area contributed by atoms with Crippen LogP contribution < -0.4 is 4.74 Å². The number of aromatic amines is 1. The van der Waals surface area contributed by atoms with E-state index in [1.807, 2.05) is 42.5 Å². The average Bonchev–Trinajstić information content (AvgIpc) is 3.10. The Hall–Kier alpha value is -3.54. The van der Waals surface area contributed by atoms with E-state index in [1.165, 1.54) is 5.56 Å². The molecule has 3 aromatic rings. The average molecular weight is 376 g/mol. The molecule has 6 heteroatoms. The molecule has 2 heterocycles. The van der Waals surface area contributed by atoms with Crippen molar-refractivity contribution in [2.75, 3.05) is 13.7 Å². The number of nitrogens with zero attached hydrogens (tertiary/aromatic N) is 1. The predicted octanol–water partition coefficient (Wildman–Crippen LogP) is 3.29. The van der Waals surface area contributed by atoms with Crippen LogP contribution in [0.4, 0.5) is 0 Å². The van der Waals surface area contributed by atoms with Gasteiger partial charge in [0.15, 0.2) is 0 Å². The first-order valence-corrected chi connectivity index (χ1v) is 9.03. The first-order valence-electron chi connectivity index (χ1n) is 9.03. The third kappa shape index (κ3) is 3.13. The molecule has 0 spiro atoms. The van der Waals surface area contributed by atoms with E-state index in [-0.39, 0.29) is 11.9 Å². The maximum atomic E-state index is 12.8. The van der Waals surface area contributed by atoms with E-state index in [0.717, 1.165) is 34.3 Å². The molecule has 1 amide bonds. The number of carbonyl (C=O) groups is 2. The number of nitrogens with one attached hydrogen (secondary N) is 1. The van der Waals surface area contributed by atoms with Gasteiger partial charge in [-0.25, -0.2) is 4.79 Å². The lowest BCUT2D eigenvalue weighted by molar-refractivity contribution is -0.132. The fourth-order valence-corrected chi connectivity index (χ4v) is 3.87. The lowest BCUT2D eigenvalue weighted by atomic mass is 9.92. The Labute approximate surface area is 162 Å². The van der Waals surface area contributed by atoms with Crippen LogP contribution in [0.15, 0.2) is 60.7 Å². The molecule has 0 saturated heterocycles. The summed E-state index contributed by atoms with van der Waals surface area (Å²) in [5.74, 6) is -0.775. The van der Waals surface area contributed by atoms with E-state index in [0.29, 0.717) is 18.7 Å². The second kappa shape index (κ2) is 7.23. The third-order valence-electron chi connectivity index (χ3n) is 5.10. The fourth-order valence-electron chi connectivity index (χ4n) is 3.87. The summed E-state index contributed by atoms with van der Waals surface area (Å²) in [6, 6.07) is 15.3. The molecule has 1 aromatic heterocycles. The molecule has 0 bridgehead atoms. The number of H-pyrrole nitrogens is 1. The van der Waals surface area contributed by atoms with Crippen molar-refractivity contribution in [2.24, 2.45) is 0 Å². The molecule has 4 rings (SSSR count). The SMILES string of the molecule is COc1cccc(C2c3[nH]c4ccccc4c3CCN2C(=O)C=CC(=O)O)c1. The number of fused-ring (bicyclic) bond motifs is 3. The maximum absolute atomic E-state index is 12.8. The summed E-state index contributed by atoms with van der Waals surface area (Å²) >= 11 is 0. The predicted molar refractivity (Wildman–Crippen MR) is 105 cm³/mol. The quantitative estimate of drug-likeness (QED) is 0.685. The first-order chi connectivity index (χ1) is 13.6. The van der Waals surface area contributed by atoms with Crippen LogP contribution >= 0.6 is 0 Å². The van der Waals surface area contributed by atoms with Crippen molar-refractivity contribution < 1.29 is 19.4 Å². The highest BCUT2D eigenvalue weighted by Gasteiger charge is 2.33. The Balaban J connectivity index is 1.86. The minimum Gasteiger partial charge on any atom is -0.497 e. The molecule has 1 atom stereocenters. The van der Waals surface area contributed by atoms with Crippen LogP contribution in [0.2, 0.25) is 0 Å². The fraction of sp³-hybridized carbons (Fsp3) is 0.182. The van der Waals surface area contributed by atoms with Crippen LogP contribution in [0, 0.1) is 0 Å². The largest absolute Gasteiger partial charge is 0.497 e. The van der Waals surface area contributed by atoms with Gasteiger partial charge in [0.2, 0.25) is 5.91 Å². The highest BCUT2D eigenvalue weighted by Crippen LogP contribution is 2.39. The van der Waals surface area contributed by atoms with Gasteiger partial charge in [-0.1, -0.05) is 30.3 Å². The van der Waals surface area contributed by atoms with E-state index >= 15 is 0 Å². The summed E-state index contributed by atoms with van der Waals surface area (Å²) in [4.78, 5) is 28.8. The minimum atomic E-state index is -1.14. The molecule has 142 valence electrons. The number of amides is 1. The highest BCUT2D eigenvalue weighted by molar-refractivity contribution is 5.95. The van der Waals surface area contributed by atoms with Crippen LogP contribution in [0.5, 0.6) is 5.75 Å². The van der Waals surface area contributed by atoms with Gasteiger partial charge in [0.25, 0.3) is 0 Å². The topological polar surface area (TPSA) is 82.6 Å². The molecular formula is C22H20N2O4. The van der Waals surface area contributed by atoms with Crippen LogP contribution in [-0.2, 0) is 16.0 Å². The zero-order valence-electron chi connectivity index (χ0n) is 15.4. The van der Waals surface area contributed by atoms with Crippen molar-refractivity contribution in [3.05, 3.63) is 77.5 Å². The number of benzene rings is 2. The van der Waals surface area contributed by atoms with E-state index in [9.17, 15) is 9.59 Å². The van der Waals surface area contributed by atoms with E-state index < -0.39 is 5.97 Å². The second-order valence-corrected chi connectivity index (χ2v) is 6.70. The molecule has 2 N–H and O–H groups in total. The smallest absolute Gasteiger partial charge is 0.328 e. The molecule has 6 nitrogen and oxygen atoms in total. The van der Waals surface area contributed by atoms with Gasteiger partial charge in [-0.15, -0.1) is 0 Å². The molecule has 1 aliphatic rings. The van der Waals surface area contributed by atoms with Crippen molar-refractivity contribution in [3.63, 3.8) is 0 Å². The molecular weight excluding hydrogens is 356 g/mol. The van der Waals surface area contributed by atoms with Crippen molar-refractivity contribution in [3.8, 4) is 5.75 Å². The van der Waals surface area contributed by atoms with Crippen molar-refractivity contribution in [2.45, 2.75) is 12.5 Å². The Kier molecular flexibility index (Phi) is 4.61. The van der Waals surface area contributed by atoms with Gasteiger partial charge in [-0.3, -0.25) is 4.79 Å². The lowest BCUT2D eigenvalue weighted by Gasteiger charge is -2.35. The monoisotopic (exact) mass is 376 g/mol. The van der Waals surface area contributed by atoms with E-state index in [2.05, 4.69) is 11.1 Å². The molecule has 28 heavy (non-hydrogen) atoms. The molecule has 1 unspecified atom stereocenters. The third-order valence-corrected chi connectivity index (χ3v) is 5.10. The number of carboxylic acids is 1. The number of carbonyl (C=O) groups excluding carboxylic acids is 1.